The van der Waals surface area contributed by atoms with Crippen molar-refractivity contribution in [1.29, 1.82) is 0 Å². The molecule has 0 fully saturated rings. The third kappa shape index (κ3) is 8.84. The van der Waals surface area contributed by atoms with Crippen molar-refractivity contribution in [2.75, 3.05) is 6.54 Å². The molecule has 0 saturated heterocycles. The summed E-state index contributed by atoms with van der Waals surface area (Å²) >= 11 is 0. The molecule has 25 heavy (non-hydrogen) atoms. The molecular formula is C20H33NO4. The summed E-state index contributed by atoms with van der Waals surface area (Å²) in [5, 5.41) is 2.87. The number of carbonyl (C=O) groups is 3. The molecule has 5 nitrogen and oxygen atoms in total. The fourth-order valence-corrected chi connectivity index (χ4v) is 2.96. The Kier molecular flexibility index (Phi) is 10.8. The lowest BCUT2D eigenvalue weighted by Gasteiger charge is -2.05. The van der Waals surface area contributed by atoms with E-state index in [-0.39, 0.29) is 18.7 Å². The van der Waals surface area contributed by atoms with Crippen LogP contribution in [0.4, 0.5) is 0 Å². The Balaban J connectivity index is 1.96. The predicted molar refractivity (Wildman–Crippen MR) is 97.9 cm³/mol. The fraction of sp³-hybridized carbons (Fsp3) is 0.750. The summed E-state index contributed by atoms with van der Waals surface area (Å²) in [5.74, 6) is -1.28. The molecule has 0 aromatic rings. The topological polar surface area (TPSA) is 72.5 Å². The average Bonchev–Trinajstić information content (AvgIpc) is 2.83. The van der Waals surface area contributed by atoms with Crippen molar-refractivity contribution >= 4 is 17.8 Å². The summed E-state index contributed by atoms with van der Waals surface area (Å²) in [4.78, 5) is 34.4. The first-order valence-electron chi connectivity index (χ1n) is 9.79. The molecular weight excluding hydrogens is 318 g/mol. The van der Waals surface area contributed by atoms with Crippen molar-refractivity contribution in [3.8, 4) is 0 Å². The second-order valence-corrected chi connectivity index (χ2v) is 6.81. The second-order valence-electron chi connectivity index (χ2n) is 6.81. The Morgan fingerprint density at radius 3 is 1.96 bits per heavy atom. The maximum absolute atomic E-state index is 11.8. The van der Waals surface area contributed by atoms with Gasteiger partial charge in [0.1, 0.15) is 0 Å². The maximum Gasteiger partial charge on any atom is 0.342 e. The highest BCUT2D eigenvalue weighted by Gasteiger charge is 2.29. The minimum absolute atomic E-state index is 0.0802. The summed E-state index contributed by atoms with van der Waals surface area (Å²) in [6, 6.07) is 0. The van der Waals surface area contributed by atoms with Gasteiger partial charge in [-0.25, -0.2) is 9.59 Å². The van der Waals surface area contributed by atoms with Crippen molar-refractivity contribution in [3.63, 3.8) is 0 Å². The molecule has 0 saturated carbocycles. The van der Waals surface area contributed by atoms with Gasteiger partial charge in [0.25, 0.3) is 0 Å². The van der Waals surface area contributed by atoms with E-state index < -0.39 is 11.9 Å². The van der Waals surface area contributed by atoms with E-state index >= 15 is 0 Å². The normalized spacial score (nSPS) is 14.2. The van der Waals surface area contributed by atoms with Crippen LogP contribution in [-0.2, 0) is 19.1 Å². The molecule has 1 aliphatic heterocycles. The first-order chi connectivity index (χ1) is 12.1. The summed E-state index contributed by atoms with van der Waals surface area (Å²) in [5.41, 5.74) is 0.659. The molecule has 1 rings (SSSR count). The van der Waals surface area contributed by atoms with E-state index in [9.17, 15) is 14.4 Å². The van der Waals surface area contributed by atoms with Gasteiger partial charge in [0.2, 0.25) is 5.91 Å². The minimum atomic E-state index is -0.606. The lowest BCUT2D eigenvalue weighted by atomic mass is 10.1. The van der Waals surface area contributed by atoms with Gasteiger partial charge in [0.15, 0.2) is 0 Å². The molecule has 0 bridgehead atoms. The predicted octanol–water partition coefficient (Wildman–Crippen LogP) is 4.20. The van der Waals surface area contributed by atoms with Gasteiger partial charge in [-0.1, -0.05) is 64.7 Å². The maximum atomic E-state index is 11.8. The van der Waals surface area contributed by atoms with Crippen molar-refractivity contribution < 1.29 is 19.1 Å². The Labute approximate surface area is 151 Å². The van der Waals surface area contributed by atoms with Crippen LogP contribution in [-0.4, -0.2) is 24.4 Å². The van der Waals surface area contributed by atoms with Gasteiger partial charge < -0.3 is 10.1 Å². The number of rotatable bonds is 14. The number of esters is 2. The van der Waals surface area contributed by atoms with Crippen molar-refractivity contribution in [3.05, 3.63) is 11.1 Å². The summed E-state index contributed by atoms with van der Waals surface area (Å²) in [6.07, 6.45) is 13.2. The Morgan fingerprint density at radius 1 is 0.880 bits per heavy atom. The number of carbonyl (C=O) groups excluding carboxylic acids is 3. The number of hydrogen-bond donors (Lipinski definition) is 1. The standard InChI is InChI=1S/C20H33NO4/c1-3-4-5-6-7-8-9-10-11-12-15-21-18(22)14-13-17-16(2)19(23)25-20(17)24/h3-15H2,1-2H3,(H,21,22). The van der Waals surface area contributed by atoms with Gasteiger partial charge in [0, 0.05) is 24.1 Å². The van der Waals surface area contributed by atoms with Gasteiger partial charge >= 0.3 is 11.9 Å². The van der Waals surface area contributed by atoms with E-state index in [2.05, 4.69) is 17.0 Å². The number of hydrogen-bond acceptors (Lipinski definition) is 4. The van der Waals surface area contributed by atoms with Crippen LogP contribution < -0.4 is 5.32 Å². The zero-order valence-corrected chi connectivity index (χ0v) is 15.8. The molecule has 142 valence electrons. The van der Waals surface area contributed by atoms with Crippen molar-refractivity contribution in [2.24, 2.45) is 0 Å². The first kappa shape index (κ1) is 21.4. The van der Waals surface area contributed by atoms with Gasteiger partial charge in [-0.15, -0.1) is 0 Å². The largest absolute Gasteiger partial charge is 0.386 e. The van der Waals surface area contributed by atoms with E-state index in [4.69, 9.17) is 0 Å². The molecule has 0 radical (unpaired) electrons. The Morgan fingerprint density at radius 2 is 1.44 bits per heavy atom. The zero-order chi connectivity index (χ0) is 18.5. The molecule has 0 atom stereocenters. The van der Waals surface area contributed by atoms with Crippen LogP contribution in [0.3, 0.4) is 0 Å². The molecule has 1 amide bonds. The van der Waals surface area contributed by atoms with Gasteiger partial charge in [-0.05, 0) is 19.8 Å². The zero-order valence-electron chi connectivity index (χ0n) is 15.8. The van der Waals surface area contributed by atoms with E-state index in [1.807, 2.05) is 0 Å². The molecule has 0 spiro atoms. The van der Waals surface area contributed by atoms with Gasteiger partial charge in [-0.2, -0.15) is 0 Å². The molecule has 0 unspecified atom stereocenters. The Hall–Kier alpha value is -1.65. The quantitative estimate of drug-likeness (QED) is 0.289. The van der Waals surface area contributed by atoms with Crippen LogP contribution >= 0.6 is 0 Å². The number of cyclic esters (lactones) is 2. The first-order valence-corrected chi connectivity index (χ1v) is 9.79. The highest BCUT2D eigenvalue weighted by molar-refractivity contribution is 6.12. The highest BCUT2D eigenvalue weighted by Crippen LogP contribution is 2.21. The van der Waals surface area contributed by atoms with Crippen LogP contribution in [0, 0.1) is 0 Å². The second kappa shape index (κ2) is 12.7. The number of nitrogens with one attached hydrogen (secondary N) is 1. The molecule has 5 heteroatoms. The van der Waals surface area contributed by atoms with Gasteiger partial charge in [-0.3, -0.25) is 4.79 Å². The monoisotopic (exact) mass is 351 g/mol. The molecule has 1 N–H and O–H groups in total. The lowest BCUT2D eigenvalue weighted by Crippen LogP contribution is -2.24. The van der Waals surface area contributed by atoms with Crippen molar-refractivity contribution in [1.82, 2.24) is 5.32 Å². The smallest absolute Gasteiger partial charge is 0.342 e. The van der Waals surface area contributed by atoms with E-state index in [0.29, 0.717) is 17.7 Å². The highest BCUT2D eigenvalue weighted by atomic mass is 16.6. The molecule has 0 aromatic heterocycles. The molecule has 1 heterocycles. The van der Waals surface area contributed by atoms with E-state index in [1.54, 1.807) is 6.92 Å². The van der Waals surface area contributed by atoms with Crippen LogP contribution in [0.15, 0.2) is 11.1 Å². The average molecular weight is 351 g/mol. The lowest BCUT2D eigenvalue weighted by molar-refractivity contribution is -0.151. The van der Waals surface area contributed by atoms with Crippen molar-refractivity contribution in [2.45, 2.75) is 90.9 Å². The number of amides is 1. The van der Waals surface area contributed by atoms with E-state index in [1.165, 1.54) is 51.4 Å². The summed E-state index contributed by atoms with van der Waals surface area (Å²) < 4.78 is 4.51. The van der Waals surface area contributed by atoms with Crippen LogP contribution in [0.25, 0.3) is 0 Å². The third-order valence-electron chi connectivity index (χ3n) is 4.65. The minimum Gasteiger partial charge on any atom is -0.386 e. The Bertz CT molecular complexity index is 482. The van der Waals surface area contributed by atoms with Gasteiger partial charge in [0.05, 0.1) is 0 Å². The van der Waals surface area contributed by atoms with Crippen LogP contribution in [0.5, 0.6) is 0 Å². The van der Waals surface area contributed by atoms with E-state index in [0.717, 1.165) is 12.8 Å². The molecule has 0 aliphatic carbocycles. The summed E-state index contributed by atoms with van der Waals surface area (Å²) in [7, 11) is 0. The fourth-order valence-electron chi connectivity index (χ4n) is 2.96. The molecule has 0 aromatic carbocycles. The van der Waals surface area contributed by atoms with Crippen LogP contribution in [0.2, 0.25) is 0 Å². The molecule has 1 aliphatic rings. The summed E-state index contributed by atoms with van der Waals surface area (Å²) in [6.45, 7) is 4.47. The number of unbranched alkanes of at least 4 members (excludes halogenated alkanes) is 9. The van der Waals surface area contributed by atoms with Crippen LogP contribution in [0.1, 0.15) is 90.9 Å². The SMILES string of the molecule is CCCCCCCCCCCCNC(=O)CCC1=C(C)C(=O)OC1=O. The number of ether oxygens (including phenoxy) is 1. The third-order valence-corrected chi connectivity index (χ3v) is 4.65.